The number of benzene rings is 3. The summed E-state index contributed by atoms with van der Waals surface area (Å²) in [6, 6.07) is 14.2. The van der Waals surface area contributed by atoms with Gasteiger partial charge in [-0.25, -0.2) is 17.2 Å². The Balaban J connectivity index is 2.10. The zero-order valence-corrected chi connectivity index (χ0v) is 13.1. The third-order valence-electron chi connectivity index (χ3n) is 3.54. The number of hydrogen-bond donors (Lipinski definition) is 1. The molecule has 0 aliphatic carbocycles. The van der Waals surface area contributed by atoms with E-state index < -0.39 is 26.4 Å². The van der Waals surface area contributed by atoms with Crippen LogP contribution in [-0.2, 0) is 9.84 Å². The van der Waals surface area contributed by atoms with E-state index in [9.17, 15) is 22.3 Å². The van der Waals surface area contributed by atoms with E-state index in [1.54, 1.807) is 18.2 Å². The molecule has 0 aliphatic heterocycles. The minimum atomic E-state index is -4.00. The maximum Gasteiger partial charge on any atom is 0.209 e. The zero-order valence-electron chi connectivity index (χ0n) is 12.3. The largest absolute Gasteiger partial charge is 0.507 e. The van der Waals surface area contributed by atoms with Crippen LogP contribution in [0.15, 0.2) is 76.5 Å². The molecule has 0 aliphatic rings. The highest BCUT2D eigenvalue weighted by Crippen LogP contribution is 2.32. The van der Waals surface area contributed by atoms with Crippen molar-refractivity contribution in [3.05, 3.63) is 78.4 Å². The van der Waals surface area contributed by atoms with Crippen LogP contribution in [0.4, 0.5) is 8.78 Å². The Morgan fingerprint density at radius 2 is 1.54 bits per heavy atom. The van der Waals surface area contributed by atoms with E-state index in [0.717, 1.165) is 30.3 Å². The summed E-state index contributed by atoms with van der Waals surface area (Å²) in [6.45, 7) is 0. The van der Waals surface area contributed by atoms with Crippen molar-refractivity contribution in [2.45, 2.75) is 9.79 Å². The molecule has 24 heavy (non-hydrogen) atoms. The average molecular weight is 346 g/mol. The van der Waals surface area contributed by atoms with Gasteiger partial charge in [0.25, 0.3) is 0 Å². The lowest BCUT2D eigenvalue weighted by molar-refractivity contribution is 0.475. The van der Waals surface area contributed by atoms with Crippen molar-refractivity contribution in [1.82, 2.24) is 0 Å². The molecule has 122 valence electrons. The minimum Gasteiger partial charge on any atom is -0.507 e. The van der Waals surface area contributed by atoms with Gasteiger partial charge in [-0.05, 0) is 48.0 Å². The van der Waals surface area contributed by atoms with Crippen molar-refractivity contribution in [3.8, 4) is 16.9 Å². The van der Waals surface area contributed by atoms with Crippen LogP contribution in [0, 0.1) is 11.6 Å². The van der Waals surface area contributed by atoms with Gasteiger partial charge in [0.1, 0.15) is 22.3 Å². The molecule has 0 heterocycles. The lowest BCUT2D eigenvalue weighted by Gasteiger charge is -2.09. The molecule has 0 bridgehead atoms. The number of hydrogen-bond acceptors (Lipinski definition) is 3. The van der Waals surface area contributed by atoms with Crippen molar-refractivity contribution in [3.63, 3.8) is 0 Å². The van der Waals surface area contributed by atoms with Gasteiger partial charge in [-0.15, -0.1) is 0 Å². The Bertz CT molecular complexity index is 1000. The second-order valence-electron chi connectivity index (χ2n) is 5.12. The standard InChI is InChI=1S/C18H12F2O3S/c19-13-7-8-17(21)15(11-13)12-6-9-18(16(20)10-12)24(22,23)14-4-2-1-3-5-14/h1-11,21H. The van der Waals surface area contributed by atoms with Crippen LogP contribution in [0.5, 0.6) is 5.75 Å². The molecule has 0 fully saturated rings. The fourth-order valence-electron chi connectivity index (χ4n) is 2.35. The maximum atomic E-state index is 14.4. The molecule has 0 spiro atoms. The van der Waals surface area contributed by atoms with Gasteiger partial charge in [-0.3, -0.25) is 0 Å². The summed E-state index contributed by atoms with van der Waals surface area (Å²) < 4.78 is 52.7. The van der Waals surface area contributed by atoms with E-state index in [4.69, 9.17) is 0 Å². The van der Waals surface area contributed by atoms with Gasteiger partial charge in [0.2, 0.25) is 9.84 Å². The summed E-state index contributed by atoms with van der Waals surface area (Å²) >= 11 is 0. The molecule has 0 saturated heterocycles. The van der Waals surface area contributed by atoms with Crippen molar-refractivity contribution < 1.29 is 22.3 Å². The summed E-state index contributed by atoms with van der Waals surface area (Å²) in [5.74, 6) is -1.79. The lowest BCUT2D eigenvalue weighted by Crippen LogP contribution is -2.04. The maximum absolute atomic E-state index is 14.4. The van der Waals surface area contributed by atoms with Crippen molar-refractivity contribution in [2.24, 2.45) is 0 Å². The third-order valence-corrected chi connectivity index (χ3v) is 5.35. The van der Waals surface area contributed by atoms with Crippen LogP contribution in [0.3, 0.4) is 0 Å². The average Bonchev–Trinajstić information content (AvgIpc) is 2.57. The SMILES string of the molecule is O=S(=O)(c1ccccc1)c1ccc(-c2cc(F)ccc2O)cc1F. The van der Waals surface area contributed by atoms with Crippen molar-refractivity contribution in [2.75, 3.05) is 0 Å². The van der Waals surface area contributed by atoms with E-state index in [2.05, 4.69) is 0 Å². The molecule has 3 aromatic carbocycles. The Morgan fingerprint density at radius 1 is 0.833 bits per heavy atom. The first kappa shape index (κ1) is 16.1. The van der Waals surface area contributed by atoms with Crippen LogP contribution < -0.4 is 0 Å². The first-order valence-corrected chi connectivity index (χ1v) is 8.46. The van der Waals surface area contributed by atoms with Crippen LogP contribution in [0.25, 0.3) is 11.1 Å². The molecular weight excluding hydrogens is 334 g/mol. The van der Waals surface area contributed by atoms with Crippen molar-refractivity contribution in [1.29, 1.82) is 0 Å². The van der Waals surface area contributed by atoms with Crippen LogP contribution >= 0.6 is 0 Å². The number of sulfone groups is 1. The van der Waals surface area contributed by atoms with Crippen LogP contribution in [-0.4, -0.2) is 13.5 Å². The molecular formula is C18H12F2O3S. The Labute approximate surface area is 137 Å². The number of rotatable bonds is 3. The van der Waals surface area contributed by atoms with E-state index in [0.29, 0.717) is 0 Å². The highest BCUT2D eigenvalue weighted by Gasteiger charge is 2.22. The van der Waals surface area contributed by atoms with Crippen molar-refractivity contribution >= 4 is 9.84 Å². The van der Waals surface area contributed by atoms with Gasteiger partial charge in [0.05, 0.1) is 4.90 Å². The minimum absolute atomic E-state index is 0.0229. The zero-order chi connectivity index (χ0) is 17.3. The first-order valence-electron chi connectivity index (χ1n) is 6.98. The molecule has 0 radical (unpaired) electrons. The summed E-state index contributed by atoms with van der Waals surface area (Å²) in [4.78, 5) is -0.501. The first-order chi connectivity index (χ1) is 11.4. The quantitative estimate of drug-likeness (QED) is 0.774. The van der Waals surface area contributed by atoms with E-state index >= 15 is 0 Å². The van der Waals surface area contributed by atoms with Gasteiger partial charge in [0.15, 0.2) is 0 Å². The highest BCUT2D eigenvalue weighted by atomic mass is 32.2. The van der Waals surface area contributed by atoms with E-state index in [1.807, 2.05) is 0 Å². The Kier molecular flexibility index (Phi) is 4.07. The molecule has 6 heteroatoms. The van der Waals surface area contributed by atoms with Gasteiger partial charge in [-0.2, -0.15) is 0 Å². The van der Waals surface area contributed by atoms with Gasteiger partial charge in [-0.1, -0.05) is 24.3 Å². The second-order valence-corrected chi connectivity index (χ2v) is 7.04. The number of halogens is 2. The van der Waals surface area contributed by atoms with Crippen LogP contribution in [0.1, 0.15) is 0 Å². The highest BCUT2D eigenvalue weighted by molar-refractivity contribution is 7.91. The summed E-state index contributed by atoms with van der Waals surface area (Å²) in [5.41, 5.74) is 0.258. The number of phenolic OH excluding ortho intramolecular Hbond substituents is 1. The van der Waals surface area contributed by atoms with Gasteiger partial charge in [0, 0.05) is 5.56 Å². The van der Waals surface area contributed by atoms with Crippen LogP contribution in [0.2, 0.25) is 0 Å². The molecule has 3 rings (SSSR count). The third kappa shape index (κ3) is 2.88. The molecule has 0 unspecified atom stereocenters. The molecule has 0 aromatic heterocycles. The monoisotopic (exact) mass is 346 g/mol. The second kappa shape index (κ2) is 6.05. The van der Waals surface area contributed by atoms with Gasteiger partial charge >= 0.3 is 0 Å². The van der Waals surface area contributed by atoms with E-state index in [-0.39, 0.29) is 21.8 Å². The Hall–Kier alpha value is -2.73. The summed E-state index contributed by atoms with van der Waals surface area (Å²) in [5, 5.41) is 9.78. The molecule has 0 atom stereocenters. The lowest BCUT2D eigenvalue weighted by atomic mass is 10.0. The van der Waals surface area contributed by atoms with E-state index in [1.165, 1.54) is 18.2 Å². The molecule has 3 aromatic rings. The predicted octanol–water partition coefficient (Wildman–Crippen LogP) is 4.17. The number of phenols is 1. The smallest absolute Gasteiger partial charge is 0.209 e. The molecule has 0 amide bonds. The molecule has 0 saturated carbocycles. The predicted molar refractivity (Wildman–Crippen MR) is 85.4 cm³/mol. The normalized spacial score (nSPS) is 11.4. The summed E-state index contributed by atoms with van der Waals surface area (Å²) in [7, 11) is -4.00. The summed E-state index contributed by atoms with van der Waals surface area (Å²) in [6.07, 6.45) is 0. The molecule has 3 nitrogen and oxygen atoms in total. The fraction of sp³-hybridized carbons (Fsp3) is 0. The fourth-order valence-corrected chi connectivity index (χ4v) is 3.68. The number of aromatic hydroxyl groups is 1. The molecule has 1 N–H and O–H groups in total. The van der Waals surface area contributed by atoms with Gasteiger partial charge < -0.3 is 5.11 Å². The Morgan fingerprint density at radius 3 is 2.21 bits per heavy atom. The topological polar surface area (TPSA) is 54.4 Å².